The van der Waals surface area contributed by atoms with Gasteiger partial charge >= 0.3 is 6.09 Å². The second-order valence-corrected chi connectivity index (χ2v) is 10.7. The summed E-state index contributed by atoms with van der Waals surface area (Å²) in [5.41, 5.74) is -0.139. The lowest BCUT2D eigenvalue weighted by Gasteiger charge is -2.31. The van der Waals surface area contributed by atoms with Gasteiger partial charge in [0, 0.05) is 18.0 Å². The van der Waals surface area contributed by atoms with Crippen molar-refractivity contribution in [2.24, 2.45) is 5.92 Å². The van der Waals surface area contributed by atoms with Gasteiger partial charge < -0.3 is 20.1 Å². The number of alkyl carbamates (subject to hydrolysis) is 1. The van der Waals surface area contributed by atoms with Gasteiger partial charge in [0.25, 0.3) is 5.91 Å². The van der Waals surface area contributed by atoms with Crippen molar-refractivity contribution in [2.75, 3.05) is 0 Å². The molecule has 0 saturated heterocycles. The van der Waals surface area contributed by atoms with Crippen LogP contribution >= 0.6 is 11.6 Å². The molecular weight excluding hydrogens is 456 g/mol. The molecule has 2 rings (SSSR count). The van der Waals surface area contributed by atoms with Gasteiger partial charge in [0.2, 0.25) is 0 Å². The number of hydrogen-bond donors (Lipinski definition) is 2. The zero-order chi connectivity index (χ0) is 25.5. The first kappa shape index (κ1) is 28.0. The number of benzene rings is 1. The summed E-state index contributed by atoms with van der Waals surface area (Å²) in [6.45, 7) is 11.1. The molecule has 2 N–H and O–H groups in total. The quantitative estimate of drug-likeness (QED) is 0.460. The fourth-order valence-electron chi connectivity index (χ4n) is 4.10. The monoisotopic (exact) mass is 494 g/mol. The summed E-state index contributed by atoms with van der Waals surface area (Å²) in [7, 11) is 0. The first-order valence-electron chi connectivity index (χ1n) is 12.2. The second kappa shape index (κ2) is 12.4. The molecule has 8 heteroatoms. The summed E-state index contributed by atoms with van der Waals surface area (Å²) >= 11 is 6.27. The molecule has 1 fully saturated rings. The number of ether oxygens (including phenoxy) is 2. The molecule has 1 aliphatic rings. The standard InChI is InChI=1S/C26H39ClN2O5/c1-7-22(30)21(29-24(31)18-10-13-23(20(27)15-18)33-16(2)3)14-17-8-11-19(12-9-17)28-25(32)34-26(4,5)6/h10,13,15-17,19,21H,7-9,11-12,14H2,1-6H3,(H,28,32)(H,29,31). The molecular formula is C26H39ClN2O5. The Labute approximate surface area is 208 Å². The Hall–Kier alpha value is -2.28. The zero-order valence-electron chi connectivity index (χ0n) is 21.2. The van der Waals surface area contributed by atoms with Crippen molar-refractivity contribution < 1.29 is 23.9 Å². The number of nitrogens with one attached hydrogen (secondary N) is 2. The number of rotatable bonds is 9. The molecule has 0 bridgehead atoms. The molecule has 0 heterocycles. The Morgan fingerprint density at radius 1 is 1.12 bits per heavy atom. The lowest BCUT2D eigenvalue weighted by molar-refractivity contribution is -0.121. The molecule has 1 aliphatic carbocycles. The average molecular weight is 495 g/mol. The van der Waals surface area contributed by atoms with Crippen LogP contribution in [0.25, 0.3) is 0 Å². The highest BCUT2D eigenvalue weighted by atomic mass is 35.5. The summed E-state index contributed by atoms with van der Waals surface area (Å²) < 4.78 is 11.0. The Bertz CT molecular complexity index is 857. The first-order chi connectivity index (χ1) is 15.9. The largest absolute Gasteiger partial charge is 0.489 e. The summed E-state index contributed by atoms with van der Waals surface area (Å²) in [5.74, 6) is 0.493. The van der Waals surface area contributed by atoms with Crippen molar-refractivity contribution in [3.63, 3.8) is 0 Å². The number of carbonyl (C=O) groups is 3. The van der Waals surface area contributed by atoms with Crippen LogP contribution in [0.3, 0.4) is 0 Å². The Morgan fingerprint density at radius 3 is 2.29 bits per heavy atom. The normalized spacial score (nSPS) is 19.3. The minimum Gasteiger partial charge on any atom is -0.489 e. The van der Waals surface area contributed by atoms with E-state index in [1.807, 2.05) is 34.6 Å². The van der Waals surface area contributed by atoms with E-state index in [-0.39, 0.29) is 23.8 Å². The number of halogens is 1. The fourth-order valence-corrected chi connectivity index (χ4v) is 4.33. The summed E-state index contributed by atoms with van der Waals surface area (Å²) in [6.07, 6.45) is 3.88. The summed E-state index contributed by atoms with van der Waals surface area (Å²) in [6, 6.07) is 4.40. The third-order valence-electron chi connectivity index (χ3n) is 5.74. The Kier molecular flexibility index (Phi) is 10.2. The highest BCUT2D eigenvalue weighted by Crippen LogP contribution is 2.29. The van der Waals surface area contributed by atoms with Crippen LogP contribution in [0.4, 0.5) is 4.79 Å². The third kappa shape index (κ3) is 9.16. The molecule has 0 aliphatic heterocycles. The Balaban J connectivity index is 1.93. The van der Waals surface area contributed by atoms with E-state index in [1.165, 1.54) is 0 Å². The van der Waals surface area contributed by atoms with E-state index in [4.69, 9.17) is 21.1 Å². The molecule has 1 atom stereocenters. The maximum absolute atomic E-state index is 12.9. The van der Waals surface area contributed by atoms with E-state index in [9.17, 15) is 14.4 Å². The van der Waals surface area contributed by atoms with Gasteiger partial charge in [-0.1, -0.05) is 18.5 Å². The van der Waals surface area contributed by atoms with Crippen LogP contribution in [0.2, 0.25) is 5.02 Å². The zero-order valence-corrected chi connectivity index (χ0v) is 22.0. The van der Waals surface area contributed by atoms with Crippen molar-refractivity contribution in [1.82, 2.24) is 10.6 Å². The SMILES string of the molecule is CCC(=O)C(CC1CCC(NC(=O)OC(C)(C)C)CC1)NC(=O)c1ccc(OC(C)C)c(Cl)c1. The smallest absolute Gasteiger partial charge is 0.407 e. The van der Waals surface area contributed by atoms with E-state index in [0.717, 1.165) is 25.7 Å². The highest BCUT2D eigenvalue weighted by molar-refractivity contribution is 6.32. The number of hydrogen-bond acceptors (Lipinski definition) is 5. The number of ketones is 1. The molecule has 0 spiro atoms. The Morgan fingerprint density at radius 2 is 1.76 bits per heavy atom. The van der Waals surface area contributed by atoms with Crippen molar-refractivity contribution in [3.05, 3.63) is 28.8 Å². The van der Waals surface area contributed by atoms with Crippen molar-refractivity contribution in [3.8, 4) is 5.75 Å². The molecule has 1 saturated carbocycles. The molecule has 1 aromatic rings. The van der Waals surface area contributed by atoms with Gasteiger partial charge in [-0.05, 0) is 90.8 Å². The first-order valence-corrected chi connectivity index (χ1v) is 12.5. The summed E-state index contributed by atoms with van der Waals surface area (Å²) in [4.78, 5) is 37.5. The fraction of sp³-hybridized carbons (Fsp3) is 0.654. The molecule has 190 valence electrons. The predicted octanol–water partition coefficient (Wildman–Crippen LogP) is 5.68. The third-order valence-corrected chi connectivity index (χ3v) is 6.03. The van der Waals surface area contributed by atoms with Gasteiger partial charge in [0.1, 0.15) is 11.4 Å². The van der Waals surface area contributed by atoms with Crippen LogP contribution < -0.4 is 15.4 Å². The van der Waals surface area contributed by atoms with Gasteiger partial charge in [0.15, 0.2) is 5.78 Å². The molecule has 7 nitrogen and oxygen atoms in total. The van der Waals surface area contributed by atoms with Gasteiger partial charge in [-0.25, -0.2) is 4.79 Å². The topological polar surface area (TPSA) is 93.7 Å². The minimum absolute atomic E-state index is 0.00760. The van der Waals surface area contributed by atoms with Crippen molar-refractivity contribution >= 4 is 29.4 Å². The van der Waals surface area contributed by atoms with Gasteiger partial charge in [-0.3, -0.25) is 9.59 Å². The van der Waals surface area contributed by atoms with Crippen LogP contribution in [0.1, 0.15) is 90.4 Å². The molecule has 0 aromatic heterocycles. The maximum atomic E-state index is 12.9. The highest BCUT2D eigenvalue weighted by Gasteiger charge is 2.29. The van der Waals surface area contributed by atoms with Crippen molar-refractivity contribution in [1.29, 1.82) is 0 Å². The lowest BCUT2D eigenvalue weighted by Crippen LogP contribution is -2.44. The van der Waals surface area contributed by atoms with E-state index in [2.05, 4.69) is 10.6 Å². The minimum atomic E-state index is -0.553. The number of amides is 2. The predicted molar refractivity (Wildman–Crippen MR) is 134 cm³/mol. The molecule has 34 heavy (non-hydrogen) atoms. The second-order valence-electron chi connectivity index (χ2n) is 10.3. The van der Waals surface area contributed by atoms with Crippen LogP contribution in [0.5, 0.6) is 5.75 Å². The van der Waals surface area contributed by atoms with Gasteiger partial charge in [0.05, 0.1) is 17.2 Å². The van der Waals surface area contributed by atoms with Gasteiger partial charge in [-0.15, -0.1) is 0 Å². The van der Waals surface area contributed by atoms with Crippen LogP contribution in [-0.4, -0.2) is 41.6 Å². The lowest BCUT2D eigenvalue weighted by atomic mass is 9.81. The van der Waals surface area contributed by atoms with Gasteiger partial charge in [-0.2, -0.15) is 0 Å². The van der Waals surface area contributed by atoms with E-state index in [0.29, 0.717) is 35.1 Å². The number of Topliss-reactive ketones (excluding diaryl/α,β-unsaturated/α-hetero) is 1. The van der Waals surface area contributed by atoms with E-state index in [1.54, 1.807) is 25.1 Å². The molecule has 0 radical (unpaired) electrons. The average Bonchev–Trinajstić information content (AvgIpc) is 2.73. The van der Waals surface area contributed by atoms with Crippen LogP contribution in [0.15, 0.2) is 18.2 Å². The van der Waals surface area contributed by atoms with Crippen molar-refractivity contribution in [2.45, 2.75) is 104 Å². The number of carbonyl (C=O) groups excluding carboxylic acids is 3. The maximum Gasteiger partial charge on any atom is 0.407 e. The van der Waals surface area contributed by atoms with E-state index < -0.39 is 17.7 Å². The molecule has 1 unspecified atom stereocenters. The molecule has 2 amide bonds. The summed E-state index contributed by atoms with van der Waals surface area (Å²) in [5, 5.41) is 6.21. The van der Waals surface area contributed by atoms with Crippen LogP contribution in [0, 0.1) is 5.92 Å². The van der Waals surface area contributed by atoms with E-state index >= 15 is 0 Å². The molecule has 1 aromatic carbocycles. The van der Waals surface area contributed by atoms with Crippen LogP contribution in [-0.2, 0) is 9.53 Å².